The Labute approximate surface area is 129 Å². The first-order valence-electron chi connectivity index (χ1n) is 7.53. The molecule has 0 aliphatic carbocycles. The van der Waals surface area contributed by atoms with Crippen molar-refractivity contribution < 1.29 is 9.32 Å². The van der Waals surface area contributed by atoms with Crippen molar-refractivity contribution in [2.24, 2.45) is 0 Å². The van der Waals surface area contributed by atoms with Gasteiger partial charge >= 0.3 is 0 Å². The van der Waals surface area contributed by atoms with E-state index in [1.165, 1.54) is 0 Å². The smallest absolute Gasteiger partial charge is 0.220 e. The molecule has 3 heterocycles. The summed E-state index contributed by atoms with van der Waals surface area (Å²) in [6.07, 6.45) is 1.95. The van der Waals surface area contributed by atoms with Gasteiger partial charge in [0.1, 0.15) is 11.6 Å². The van der Waals surface area contributed by atoms with E-state index in [1.807, 2.05) is 31.7 Å². The lowest BCUT2D eigenvalue weighted by Crippen LogP contribution is -2.28. The number of aromatic nitrogens is 3. The lowest BCUT2D eigenvalue weighted by Gasteiger charge is -2.23. The first-order valence-corrected chi connectivity index (χ1v) is 7.53. The first-order chi connectivity index (χ1) is 10.5. The van der Waals surface area contributed by atoms with Gasteiger partial charge in [0.25, 0.3) is 0 Å². The maximum absolute atomic E-state index is 11.8. The largest absolute Gasteiger partial charge is 0.361 e. The molecule has 0 N–H and O–H groups in total. The third-order valence-corrected chi connectivity index (χ3v) is 4.15. The number of likely N-dealkylation sites (tertiary alicyclic amines) is 1. The summed E-state index contributed by atoms with van der Waals surface area (Å²) in [6, 6.07) is 2.00. The molecule has 1 saturated heterocycles. The van der Waals surface area contributed by atoms with Crippen molar-refractivity contribution in [2.45, 2.75) is 46.6 Å². The van der Waals surface area contributed by atoms with Crippen LogP contribution >= 0.6 is 0 Å². The van der Waals surface area contributed by atoms with Crippen LogP contribution in [0.4, 0.5) is 0 Å². The quantitative estimate of drug-likeness (QED) is 0.852. The molecule has 0 aromatic carbocycles. The summed E-state index contributed by atoms with van der Waals surface area (Å²) in [6.45, 7) is 8.06. The van der Waals surface area contributed by atoms with Crippen LogP contribution in [-0.4, -0.2) is 32.5 Å². The number of hydrogen-bond acceptors (Lipinski definition) is 5. The molecule has 1 fully saturated rings. The number of aryl methyl sites for hydroxylation is 3. The van der Waals surface area contributed by atoms with Crippen LogP contribution in [0, 0.1) is 20.8 Å². The fraction of sp³-hybridized carbons (Fsp3) is 0.500. The van der Waals surface area contributed by atoms with E-state index < -0.39 is 0 Å². The number of rotatable bonds is 2. The molecule has 1 aliphatic heterocycles. The summed E-state index contributed by atoms with van der Waals surface area (Å²) in [7, 11) is 0. The van der Waals surface area contributed by atoms with E-state index in [2.05, 4.69) is 15.1 Å². The van der Waals surface area contributed by atoms with Gasteiger partial charge in [-0.25, -0.2) is 9.97 Å². The molecule has 3 rings (SSSR count). The monoisotopic (exact) mass is 300 g/mol. The van der Waals surface area contributed by atoms with Gasteiger partial charge in [0, 0.05) is 13.5 Å². The van der Waals surface area contributed by atoms with Crippen LogP contribution < -0.4 is 0 Å². The molecule has 1 amide bonds. The Balaban J connectivity index is 2.06. The molecule has 0 spiro atoms. The Morgan fingerprint density at radius 3 is 2.73 bits per heavy atom. The zero-order chi connectivity index (χ0) is 15.9. The number of carbonyl (C=O) groups excluding carboxylic acids is 1. The van der Waals surface area contributed by atoms with E-state index in [0.29, 0.717) is 5.82 Å². The van der Waals surface area contributed by atoms with Gasteiger partial charge in [0.15, 0.2) is 0 Å². The van der Waals surface area contributed by atoms with Gasteiger partial charge in [-0.05, 0) is 39.7 Å². The fourth-order valence-corrected chi connectivity index (χ4v) is 3.19. The minimum absolute atomic E-state index is 0.0402. The number of amides is 1. The average Bonchev–Trinajstić information content (AvgIpc) is 3.05. The van der Waals surface area contributed by atoms with Crippen molar-refractivity contribution in [1.29, 1.82) is 0 Å². The highest BCUT2D eigenvalue weighted by Gasteiger charge is 2.30. The highest BCUT2D eigenvalue weighted by atomic mass is 16.5. The van der Waals surface area contributed by atoms with E-state index in [4.69, 9.17) is 4.52 Å². The summed E-state index contributed by atoms with van der Waals surface area (Å²) < 4.78 is 5.24. The molecule has 1 aliphatic rings. The summed E-state index contributed by atoms with van der Waals surface area (Å²) in [5.41, 5.74) is 3.44. The van der Waals surface area contributed by atoms with Crippen LogP contribution in [0.3, 0.4) is 0 Å². The lowest BCUT2D eigenvalue weighted by molar-refractivity contribution is -0.129. The van der Waals surface area contributed by atoms with Gasteiger partial charge in [-0.2, -0.15) is 0 Å². The van der Waals surface area contributed by atoms with Crippen molar-refractivity contribution in [2.75, 3.05) is 6.54 Å². The molecule has 0 radical (unpaired) electrons. The van der Waals surface area contributed by atoms with E-state index in [-0.39, 0.29) is 11.9 Å². The second-order valence-corrected chi connectivity index (χ2v) is 5.79. The zero-order valence-corrected chi connectivity index (χ0v) is 13.4. The lowest BCUT2D eigenvalue weighted by atomic mass is 10.1. The minimum atomic E-state index is 0.0402. The Bertz CT molecular complexity index is 703. The molecule has 6 nitrogen and oxygen atoms in total. The molecule has 1 unspecified atom stereocenters. The Hall–Kier alpha value is -2.24. The standard InChI is InChI=1S/C16H20N4O2/c1-9-16(10(2)22-19-9)14-8-13(17-11(3)18-14)15-6-5-7-20(15)12(4)21/h8,15H,5-7H2,1-4H3. The van der Waals surface area contributed by atoms with Gasteiger partial charge in [0.2, 0.25) is 5.91 Å². The highest BCUT2D eigenvalue weighted by molar-refractivity contribution is 5.74. The molecular formula is C16H20N4O2. The Morgan fingerprint density at radius 1 is 1.32 bits per heavy atom. The minimum Gasteiger partial charge on any atom is -0.361 e. The predicted molar refractivity (Wildman–Crippen MR) is 81.1 cm³/mol. The van der Waals surface area contributed by atoms with Gasteiger partial charge < -0.3 is 9.42 Å². The maximum atomic E-state index is 11.8. The first kappa shape index (κ1) is 14.7. The SMILES string of the molecule is CC(=O)N1CCCC1c1cc(-c2c(C)noc2C)nc(C)n1. The van der Waals surface area contributed by atoms with Crippen molar-refractivity contribution >= 4 is 5.91 Å². The van der Waals surface area contributed by atoms with Gasteiger partial charge in [0.05, 0.1) is 28.7 Å². The van der Waals surface area contributed by atoms with Gasteiger partial charge in [-0.1, -0.05) is 5.16 Å². The summed E-state index contributed by atoms with van der Waals surface area (Å²) >= 11 is 0. The summed E-state index contributed by atoms with van der Waals surface area (Å²) in [4.78, 5) is 22.8. The van der Waals surface area contributed by atoms with E-state index in [1.54, 1.807) is 6.92 Å². The third kappa shape index (κ3) is 2.49. The van der Waals surface area contributed by atoms with Crippen molar-refractivity contribution in [3.63, 3.8) is 0 Å². The van der Waals surface area contributed by atoms with Gasteiger partial charge in [-0.3, -0.25) is 4.79 Å². The molecule has 0 bridgehead atoms. The summed E-state index contributed by atoms with van der Waals surface area (Å²) in [5, 5.41) is 3.99. The van der Waals surface area contributed by atoms with Crippen LogP contribution in [0.1, 0.15) is 48.8 Å². The fourth-order valence-electron chi connectivity index (χ4n) is 3.19. The van der Waals surface area contributed by atoms with E-state index in [0.717, 1.165) is 47.8 Å². The van der Waals surface area contributed by atoms with Crippen LogP contribution in [0.5, 0.6) is 0 Å². The second kappa shape index (κ2) is 5.51. The Kier molecular flexibility index (Phi) is 3.68. The summed E-state index contributed by atoms with van der Waals surface area (Å²) in [5.74, 6) is 1.54. The molecular weight excluding hydrogens is 280 g/mol. The normalized spacial score (nSPS) is 18.0. The van der Waals surface area contributed by atoms with Crippen molar-refractivity contribution in [3.8, 4) is 11.3 Å². The number of hydrogen-bond donors (Lipinski definition) is 0. The second-order valence-electron chi connectivity index (χ2n) is 5.79. The van der Waals surface area contributed by atoms with Crippen LogP contribution in [0.2, 0.25) is 0 Å². The molecule has 116 valence electrons. The maximum Gasteiger partial charge on any atom is 0.220 e. The molecule has 1 atom stereocenters. The molecule has 6 heteroatoms. The van der Waals surface area contributed by atoms with Crippen LogP contribution in [0.15, 0.2) is 10.6 Å². The van der Waals surface area contributed by atoms with Crippen molar-refractivity contribution in [1.82, 2.24) is 20.0 Å². The highest BCUT2D eigenvalue weighted by Crippen LogP contribution is 2.33. The predicted octanol–water partition coefficient (Wildman–Crippen LogP) is 2.74. The zero-order valence-electron chi connectivity index (χ0n) is 13.4. The van der Waals surface area contributed by atoms with Crippen LogP contribution in [0.25, 0.3) is 11.3 Å². The van der Waals surface area contributed by atoms with Crippen LogP contribution in [-0.2, 0) is 4.79 Å². The van der Waals surface area contributed by atoms with E-state index in [9.17, 15) is 4.79 Å². The van der Waals surface area contributed by atoms with E-state index >= 15 is 0 Å². The van der Waals surface area contributed by atoms with Crippen molar-refractivity contribution in [3.05, 3.63) is 29.0 Å². The molecule has 2 aromatic rings. The molecule has 2 aromatic heterocycles. The molecule has 22 heavy (non-hydrogen) atoms. The third-order valence-electron chi connectivity index (χ3n) is 4.15. The number of carbonyl (C=O) groups is 1. The Morgan fingerprint density at radius 2 is 2.09 bits per heavy atom. The topological polar surface area (TPSA) is 72.1 Å². The average molecular weight is 300 g/mol. The number of nitrogens with zero attached hydrogens (tertiary/aromatic N) is 4. The molecule has 0 saturated carbocycles. The van der Waals surface area contributed by atoms with Gasteiger partial charge in [-0.15, -0.1) is 0 Å².